The third-order valence-electron chi connectivity index (χ3n) is 2.58. The van der Waals surface area contributed by atoms with Gasteiger partial charge in [0, 0.05) is 0 Å². The van der Waals surface area contributed by atoms with Crippen LogP contribution in [-0.4, -0.2) is 0 Å². The van der Waals surface area contributed by atoms with Crippen LogP contribution in [0, 0.1) is 24.1 Å². The van der Waals surface area contributed by atoms with Gasteiger partial charge >= 0.3 is 0 Å². The first-order valence-corrected chi connectivity index (χ1v) is 5.43. The number of anilines is 3. The summed E-state index contributed by atoms with van der Waals surface area (Å²) in [5, 5.41) is 11.6. The molecule has 0 radical (unpaired) electrons. The second-order valence-electron chi connectivity index (χ2n) is 4.02. The fourth-order valence-corrected chi connectivity index (χ4v) is 1.61. The molecule has 0 bridgehead atoms. The van der Waals surface area contributed by atoms with Crippen LogP contribution in [0.3, 0.4) is 0 Å². The van der Waals surface area contributed by atoms with E-state index in [0.717, 1.165) is 5.56 Å². The molecule has 0 heterocycles. The molecule has 3 nitrogen and oxygen atoms in total. The molecule has 0 saturated carbocycles. The van der Waals surface area contributed by atoms with Crippen molar-refractivity contribution < 1.29 is 4.39 Å². The molecule has 0 aliphatic carbocycles. The van der Waals surface area contributed by atoms with E-state index in [1.54, 1.807) is 12.1 Å². The summed E-state index contributed by atoms with van der Waals surface area (Å²) in [7, 11) is 0. The topological polar surface area (TPSA) is 61.8 Å². The highest BCUT2D eigenvalue weighted by Gasteiger charge is 2.06. The third kappa shape index (κ3) is 2.41. The van der Waals surface area contributed by atoms with Crippen molar-refractivity contribution in [3.8, 4) is 6.07 Å². The number of nitrogens with two attached hydrogens (primary N) is 1. The SMILES string of the molecule is Cc1ccc(N)c(Nc2ccc(C#N)cc2F)c1. The summed E-state index contributed by atoms with van der Waals surface area (Å²) in [5.74, 6) is -0.477. The van der Waals surface area contributed by atoms with Crippen molar-refractivity contribution in [1.82, 2.24) is 0 Å². The Kier molecular flexibility index (Phi) is 3.16. The van der Waals surface area contributed by atoms with Gasteiger partial charge in [0.25, 0.3) is 0 Å². The molecule has 90 valence electrons. The maximum atomic E-state index is 13.7. The van der Waals surface area contributed by atoms with Crippen molar-refractivity contribution in [2.75, 3.05) is 11.1 Å². The van der Waals surface area contributed by atoms with Crippen LogP contribution in [0.5, 0.6) is 0 Å². The summed E-state index contributed by atoms with van der Waals surface area (Å²) in [6, 6.07) is 11.6. The summed E-state index contributed by atoms with van der Waals surface area (Å²) >= 11 is 0. The molecule has 2 aromatic carbocycles. The van der Waals surface area contributed by atoms with Crippen LogP contribution in [0.25, 0.3) is 0 Å². The van der Waals surface area contributed by atoms with Gasteiger partial charge in [-0.15, -0.1) is 0 Å². The van der Waals surface area contributed by atoms with Gasteiger partial charge in [0.05, 0.1) is 28.7 Å². The molecule has 0 unspecified atom stereocenters. The number of hydrogen-bond donors (Lipinski definition) is 2. The van der Waals surface area contributed by atoms with Gasteiger partial charge in [-0.2, -0.15) is 5.26 Å². The van der Waals surface area contributed by atoms with Gasteiger partial charge in [0.15, 0.2) is 0 Å². The second kappa shape index (κ2) is 4.76. The van der Waals surface area contributed by atoms with Gasteiger partial charge in [-0.25, -0.2) is 4.39 Å². The van der Waals surface area contributed by atoms with Crippen LogP contribution < -0.4 is 11.1 Å². The highest BCUT2D eigenvalue weighted by Crippen LogP contribution is 2.26. The highest BCUT2D eigenvalue weighted by molar-refractivity contribution is 5.73. The maximum absolute atomic E-state index is 13.7. The summed E-state index contributed by atoms with van der Waals surface area (Å²) in [6.07, 6.45) is 0. The normalized spacial score (nSPS) is 9.83. The minimum absolute atomic E-state index is 0.287. The molecule has 0 atom stereocenters. The first kappa shape index (κ1) is 11.9. The van der Waals surface area contributed by atoms with Crippen molar-refractivity contribution in [3.05, 3.63) is 53.3 Å². The molecular formula is C14H12FN3. The molecule has 0 aliphatic heterocycles. The lowest BCUT2D eigenvalue weighted by molar-refractivity contribution is 0.631. The van der Waals surface area contributed by atoms with E-state index in [0.29, 0.717) is 17.1 Å². The molecule has 0 aromatic heterocycles. The minimum Gasteiger partial charge on any atom is -0.397 e. The van der Waals surface area contributed by atoms with Crippen LogP contribution in [0.2, 0.25) is 0 Å². The number of nitrogens with one attached hydrogen (secondary N) is 1. The lowest BCUT2D eigenvalue weighted by Gasteiger charge is -2.11. The molecule has 4 heteroatoms. The molecule has 0 fully saturated rings. The average molecular weight is 241 g/mol. The Morgan fingerprint density at radius 1 is 1.17 bits per heavy atom. The Hall–Kier alpha value is -2.54. The van der Waals surface area contributed by atoms with E-state index in [9.17, 15) is 4.39 Å². The van der Waals surface area contributed by atoms with Gasteiger partial charge in [0.2, 0.25) is 0 Å². The van der Waals surface area contributed by atoms with Crippen LogP contribution in [0.1, 0.15) is 11.1 Å². The summed E-state index contributed by atoms with van der Waals surface area (Å²) in [6.45, 7) is 1.93. The van der Waals surface area contributed by atoms with Gasteiger partial charge < -0.3 is 11.1 Å². The van der Waals surface area contributed by atoms with Crippen molar-refractivity contribution in [1.29, 1.82) is 5.26 Å². The third-order valence-corrected chi connectivity index (χ3v) is 2.58. The largest absolute Gasteiger partial charge is 0.397 e. The smallest absolute Gasteiger partial charge is 0.147 e. The van der Waals surface area contributed by atoms with Gasteiger partial charge in [0.1, 0.15) is 5.82 Å². The van der Waals surface area contributed by atoms with Crippen LogP contribution in [0.4, 0.5) is 21.5 Å². The average Bonchev–Trinajstić information content (AvgIpc) is 2.36. The van der Waals surface area contributed by atoms with Crippen molar-refractivity contribution in [3.63, 3.8) is 0 Å². The Bertz CT molecular complexity index is 629. The Labute approximate surface area is 105 Å². The first-order chi connectivity index (χ1) is 8.60. The monoisotopic (exact) mass is 241 g/mol. The maximum Gasteiger partial charge on any atom is 0.147 e. The quantitative estimate of drug-likeness (QED) is 0.793. The van der Waals surface area contributed by atoms with Gasteiger partial charge in [-0.05, 0) is 42.8 Å². The minimum atomic E-state index is -0.477. The molecular weight excluding hydrogens is 229 g/mol. The molecule has 0 aliphatic rings. The molecule has 0 spiro atoms. The number of aryl methyl sites for hydroxylation is 1. The zero-order valence-electron chi connectivity index (χ0n) is 9.87. The summed E-state index contributed by atoms with van der Waals surface area (Å²) in [4.78, 5) is 0. The molecule has 0 saturated heterocycles. The number of nitriles is 1. The highest BCUT2D eigenvalue weighted by atomic mass is 19.1. The van der Waals surface area contributed by atoms with Crippen molar-refractivity contribution in [2.24, 2.45) is 0 Å². The Morgan fingerprint density at radius 3 is 2.61 bits per heavy atom. The summed E-state index contributed by atoms with van der Waals surface area (Å²) in [5.41, 5.74) is 8.62. The number of hydrogen-bond acceptors (Lipinski definition) is 3. The van der Waals surface area contributed by atoms with E-state index in [1.165, 1.54) is 12.1 Å². The molecule has 3 N–H and O–H groups in total. The van der Waals surface area contributed by atoms with Crippen molar-refractivity contribution >= 4 is 17.1 Å². The molecule has 2 aromatic rings. The van der Waals surface area contributed by atoms with E-state index in [2.05, 4.69) is 5.32 Å². The number of benzene rings is 2. The van der Waals surface area contributed by atoms with E-state index in [1.807, 2.05) is 25.1 Å². The number of halogens is 1. The molecule has 18 heavy (non-hydrogen) atoms. The van der Waals surface area contributed by atoms with Crippen LogP contribution in [-0.2, 0) is 0 Å². The number of nitrogens with zero attached hydrogens (tertiary/aromatic N) is 1. The Balaban J connectivity index is 2.34. The molecule has 2 rings (SSSR count). The fraction of sp³-hybridized carbons (Fsp3) is 0.0714. The fourth-order valence-electron chi connectivity index (χ4n) is 1.61. The number of nitrogen functional groups attached to an aromatic ring is 1. The van der Waals surface area contributed by atoms with Crippen LogP contribution in [0.15, 0.2) is 36.4 Å². The Morgan fingerprint density at radius 2 is 1.94 bits per heavy atom. The zero-order valence-corrected chi connectivity index (χ0v) is 9.87. The molecule has 0 amide bonds. The van der Waals surface area contributed by atoms with E-state index in [4.69, 9.17) is 11.0 Å². The number of rotatable bonds is 2. The van der Waals surface area contributed by atoms with E-state index < -0.39 is 5.82 Å². The van der Waals surface area contributed by atoms with E-state index in [-0.39, 0.29) is 5.56 Å². The van der Waals surface area contributed by atoms with Crippen molar-refractivity contribution in [2.45, 2.75) is 6.92 Å². The lowest BCUT2D eigenvalue weighted by Crippen LogP contribution is -1.99. The van der Waals surface area contributed by atoms with Gasteiger partial charge in [-0.1, -0.05) is 6.07 Å². The summed E-state index contributed by atoms with van der Waals surface area (Å²) < 4.78 is 13.7. The standard InChI is InChI=1S/C14H12FN3/c1-9-2-4-12(17)14(6-9)18-13-5-3-10(8-16)7-11(13)15/h2-7,18H,17H2,1H3. The van der Waals surface area contributed by atoms with Crippen LogP contribution >= 0.6 is 0 Å². The second-order valence-corrected chi connectivity index (χ2v) is 4.02. The van der Waals surface area contributed by atoms with Gasteiger partial charge in [-0.3, -0.25) is 0 Å². The van der Waals surface area contributed by atoms with E-state index >= 15 is 0 Å². The predicted molar refractivity (Wildman–Crippen MR) is 70.0 cm³/mol. The first-order valence-electron chi connectivity index (χ1n) is 5.43. The lowest BCUT2D eigenvalue weighted by atomic mass is 10.1. The predicted octanol–water partition coefficient (Wildman–Crippen LogP) is 3.33. The zero-order chi connectivity index (χ0) is 13.1.